The van der Waals surface area contributed by atoms with E-state index in [0.29, 0.717) is 22.3 Å². The molecular weight excluding hydrogens is 396 g/mol. The molecule has 0 amide bonds. The Hall–Kier alpha value is -2.93. The van der Waals surface area contributed by atoms with Crippen LogP contribution in [0.2, 0.25) is 0 Å². The molecule has 6 nitrogen and oxygen atoms in total. The van der Waals surface area contributed by atoms with Crippen LogP contribution in [0.1, 0.15) is 43.0 Å². The molecule has 1 N–H and O–H groups in total. The summed E-state index contributed by atoms with van der Waals surface area (Å²) in [6, 6.07) is 16.8. The van der Waals surface area contributed by atoms with E-state index in [1.165, 1.54) is 19.3 Å². The van der Waals surface area contributed by atoms with Gasteiger partial charge in [-0.05, 0) is 12.5 Å². The fourth-order valence-electron chi connectivity index (χ4n) is 3.27. The number of ketones is 1. The summed E-state index contributed by atoms with van der Waals surface area (Å²) in [5.41, 5.74) is 2.69. The average molecular weight is 421 g/mol. The number of ether oxygens (including phenoxy) is 1. The second-order valence-corrected chi connectivity index (χ2v) is 8.14. The van der Waals surface area contributed by atoms with Gasteiger partial charge in [-0.15, -0.1) is 10.2 Å². The molecule has 1 aliphatic heterocycles. The van der Waals surface area contributed by atoms with Crippen LogP contribution in [0, 0.1) is 0 Å². The number of anilines is 1. The van der Waals surface area contributed by atoms with Gasteiger partial charge in [0.15, 0.2) is 5.69 Å². The highest BCUT2D eigenvalue weighted by atomic mass is 32.2. The van der Waals surface area contributed by atoms with E-state index < -0.39 is 6.23 Å². The zero-order valence-electron chi connectivity index (χ0n) is 16.9. The van der Waals surface area contributed by atoms with Crippen LogP contribution in [0.25, 0.3) is 11.3 Å². The molecule has 1 aromatic heterocycles. The molecule has 2 aromatic carbocycles. The number of carbonyl (C=O) groups excluding carboxylic acids is 1. The van der Waals surface area contributed by atoms with E-state index >= 15 is 0 Å². The van der Waals surface area contributed by atoms with E-state index in [1.807, 2.05) is 42.5 Å². The van der Waals surface area contributed by atoms with Crippen molar-refractivity contribution in [1.29, 1.82) is 0 Å². The maximum absolute atomic E-state index is 13.1. The number of nitrogens with one attached hydrogen (secondary N) is 1. The van der Waals surface area contributed by atoms with Crippen LogP contribution >= 0.6 is 11.8 Å². The normalized spacial score (nSPS) is 14.6. The van der Waals surface area contributed by atoms with E-state index in [0.717, 1.165) is 23.4 Å². The molecule has 2 heterocycles. The van der Waals surface area contributed by atoms with Crippen molar-refractivity contribution in [3.05, 3.63) is 60.2 Å². The minimum Gasteiger partial charge on any atom is -0.444 e. The number of nitrogens with zero attached hydrogens (tertiary/aromatic N) is 3. The molecule has 0 radical (unpaired) electrons. The Balaban J connectivity index is 1.61. The third-order valence-corrected chi connectivity index (χ3v) is 5.78. The minimum atomic E-state index is -0.895. The van der Waals surface area contributed by atoms with Gasteiger partial charge in [0.1, 0.15) is 0 Å². The monoisotopic (exact) mass is 420 g/mol. The molecule has 0 spiro atoms. The first-order chi connectivity index (χ1) is 14.8. The Bertz CT molecular complexity index is 1010. The van der Waals surface area contributed by atoms with Gasteiger partial charge >= 0.3 is 0 Å². The highest BCUT2D eigenvalue weighted by Gasteiger charge is 2.29. The predicted molar refractivity (Wildman–Crippen MR) is 119 cm³/mol. The first-order valence-electron chi connectivity index (χ1n) is 10.3. The molecule has 4 rings (SSSR count). The topological polar surface area (TPSA) is 77.0 Å². The van der Waals surface area contributed by atoms with Gasteiger partial charge in [-0.3, -0.25) is 4.79 Å². The highest BCUT2D eigenvalue weighted by Crippen LogP contribution is 2.36. The standard InChI is InChI=1S/C23H24N4O2S/c1-2-3-4-10-15-30-23-25-21-19(26-27-23)17-13-8-9-14-18(17)24-22(29-21)20(28)16-11-6-5-7-12-16/h5-9,11-14,22,24H,2-4,10,15H2,1H3/t22-/m1/s1. The smallest absolute Gasteiger partial charge is 0.247 e. The fraction of sp³-hybridized carbons (Fsp3) is 0.304. The summed E-state index contributed by atoms with van der Waals surface area (Å²) in [5.74, 6) is 1.10. The van der Waals surface area contributed by atoms with Crippen molar-refractivity contribution >= 4 is 23.2 Å². The van der Waals surface area contributed by atoms with Crippen molar-refractivity contribution in [2.75, 3.05) is 11.1 Å². The Morgan fingerprint density at radius 2 is 1.83 bits per heavy atom. The third-order valence-electron chi connectivity index (χ3n) is 4.86. The lowest BCUT2D eigenvalue weighted by atomic mass is 10.1. The third kappa shape index (κ3) is 4.62. The van der Waals surface area contributed by atoms with E-state index in [9.17, 15) is 4.79 Å². The van der Waals surface area contributed by atoms with Gasteiger partial charge in [0, 0.05) is 22.6 Å². The van der Waals surface area contributed by atoms with Crippen LogP contribution < -0.4 is 10.1 Å². The molecule has 154 valence electrons. The molecule has 0 saturated heterocycles. The van der Waals surface area contributed by atoms with Gasteiger partial charge in [-0.1, -0.05) is 86.5 Å². The number of para-hydroxylation sites is 1. The van der Waals surface area contributed by atoms with Gasteiger partial charge in [0.2, 0.25) is 23.0 Å². The van der Waals surface area contributed by atoms with E-state index in [1.54, 1.807) is 23.9 Å². The van der Waals surface area contributed by atoms with Gasteiger partial charge in [-0.25, -0.2) is 0 Å². The largest absolute Gasteiger partial charge is 0.444 e. The summed E-state index contributed by atoms with van der Waals surface area (Å²) in [5, 5.41) is 12.4. The average Bonchev–Trinajstić information content (AvgIpc) is 2.95. The number of unbranched alkanes of at least 4 members (excludes halogenated alkanes) is 3. The van der Waals surface area contributed by atoms with Crippen molar-refractivity contribution in [2.45, 2.75) is 44.0 Å². The molecule has 0 unspecified atom stereocenters. The van der Waals surface area contributed by atoms with Crippen molar-refractivity contribution in [3.63, 3.8) is 0 Å². The highest BCUT2D eigenvalue weighted by molar-refractivity contribution is 7.99. The summed E-state index contributed by atoms with van der Waals surface area (Å²) < 4.78 is 6.05. The number of benzene rings is 2. The van der Waals surface area contributed by atoms with E-state index in [4.69, 9.17) is 4.74 Å². The van der Waals surface area contributed by atoms with E-state index in [2.05, 4.69) is 27.4 Å². The van der Waals surface area contributed by atoms with Crippen molar-refractivity contribution in [1.82, 2.24) is 15.2 Å². The summed E-state index contributed by atoms with van der Waals surface area (Å²) in [7, 11) is 0. The van der Waals surface area contributed by atoms with E-state index in [-0.39, 0.29) is 5.78 Å². The SMILES string of the molecule is CCCCCCSc1nnc2c(n1)O[C@H](C(=O)c1ccccc1)Nc1ccccc1-2. The molecule has 0 saturated carbocycles. The number of thioether (sulfide) groups is 1. The quantitative estimate of drug-likeness (QED) is 0.304. The number of hydrogen-bond donors (Lipinski definition) is 1. The maximum atomic E-state index is 13.1. The van der Waals surface area contributed by atoms with Crippen LogP contribution in [-0.4, -0.2) is 32.9 Å². The predicted octanol–water partition coefficient (Wildman–Crippen LogP) is 5.22. The molecule has 0 bridgehead atoms. The van der Waals surface area contributed by atoms with Gasteiger partial charge in [0.25, 0.3) is 0 Å². The number of hydrogen-bond acceptors (Lipinski definition) is 7. The molecule has 1 atom stereocenters. The maximum Gasteiger partial charge on any atom is 0.247 e. The second kappa shape index (κ2) is 9.71. The molecule has 3 aromatic rings. The lowest BCUT2D eigenvalue weighted by Crippen LogP contribution is -2.35. The number of carbonyl (C=O) groups is 1. The summed E-state index contributed by atoms with van der Waals surface area (Å²) in [6.45, 7) is 2.20. The zero-order valence-corrected chi connectivity index (χ0v) is 17.7. The molecular formula is C23H24N4O2S. The Labute approximate surface area is 180 Å². The van der Waals surface area contributed by atoms with Crippen molar-refractivity contribution < 1.29 is 9.53 Å². The lowest BCUT2D eigenvalue weighted by Gasteiger charge is -2.17. The van der Waals surface area contributed by atoms with Crippen LogP contribution in [-0.2, 0) is 0 Å². The van der Waals surface area contributed by atoms with Crippen molar-refractivity contribution in [2.24, 2.45) is 0 Å². The summed E-state index contributed by atoms with van der Waals surface area (Å²) >= 11 is 1.57. The number of aromatic nitrogens is 3. The summed E-state index contributed by atoms with van der Waals surface area (Å²) in [4.78, 5) is 17.7. The molecule has 0 fully saturated rings. The van der Waals surface area contributed by atoms with Crippen LogP contribution in [0.5, 0.6) is 5.88 Å². The summed E-state index contributed by atoms with van der Waals surface area (Å²) in [6.07, 6.45) is 3.86. The number of fused-ring (bicyclic) bond motifs is 3. The first kappa shape index (κ1) is 20.3. The fourth-order valence-corrected chi connectivity index (χ4v) is 4.05. The molecule has 30 heavy (non-hydrogen) atoms. The number of rotatable bonds is 8. The Morgan fingerprint density at radius 1 is 1.03 bits per heavy atom. The molecule has 1 aliphatic rings. The lowest BCUT2D eigenvalue weighted by molar-refractivity contribution is 0.0823. The Morgan fingerprint density at radius 3 is 2.67 bits per heavy atom. The minimum absolute atomic E-state index is 0.161. The van der Waals surface area contributed by atoms with Gasteiger partial charge < -0.3 is 10.1 Å². The van der Waals surface area contributed by atoms with Crippen LogP contribution in [0.4, 0.5) is 5.69 Å². The molecule has 7 heteroatoms. The van der Waals surface area contributed by atoms with Crippen LogP contribution in [0.15, 0.2) is 59.8 Å². The molecule has 0 aliphatic carbocycles. The van der Waals surface area contributed by atoms with Gasteiger partial charge in [0.05, 0.1) is 0 Å². The number of Topliss-reactive ketones (excluding diaryl/α,β-unsaturated/α-hetero) is 1. The first-order valence-corrected chi connectivity index (χ1v) is 11.2. The van der Waals surface area contributed by atoms with Crippen molar-refractivity contribution in [3.8, 4) is 17.1 Å². The van der Waals surface area contributed by atoms with Gasteiger partial charge in [-0.2, -0.15) is 4.98 Å². The van der Waals surface area contributed by atoms with Crippen LogP contribution in [0.3, 0.4) is 0 Å². The Kier molecular flexibility index (Phi) is 6.59. The second-order valence-electron chi connectivity index (χ2n) is 7.08. The zero-order chi connectivity index (χ0) is 20.8.